The van der Waals surface area contributed by atoms with Crippen LogP contribution < -0.4 is 0 Å². The maximum atomic E-state index is 10.3. The Kier molecular flexibility index (Phi) is 1.88. The maximum Gasteiger partial charge on any atom is 0.335 e. The lowest BCUT2D eigenvalue weighted by molar-refractivity contribution is -0.132. The molecule has 0 saturated heterocycles. The SMILES string of the molecule is O=C(O)C1=CC=C=CC=C1. The first-order valence-corrected chi connectivity index (χ1v) is 2.83. The lowest BCUT2D eigenvalue weighted by atomic mass is 10.2. The Morgan fingerprint density at radius 3 is 3.00 bits per heavy atom. The fourth-order valence-electron chi connectivity index (χ4n) is 0.599. The first kappa shape index (κ1) is 6.59. The van der Waals surface area contributed by atoms with E-state index >= 15 is 0 Å². The lowest BCUT2D eigenvalue weighted by Crippen LogP contribution is -1.95. The van der Waals surface area contributed by atoms with Crippen molar-refractivity contribution in [3.05, 3.63) is 41.7 Å². The molecule has 0 aliphatic heterocycles. The third-order valence-corrected chi connectivity index (χ3v) is 1.07. The summed E-state index contributed by atoms with van der Waals surface area (Å²) in [5, 5.41) is 8.48. The molecular weight excluding hydrogens is 128 g/mol. The summed E-state index contributed by atoms with van der Waals surface area (Å²) in [6, 6.07) is 0. The van der Waals surface area contributed by atoms with Gasteiger partial charge in [-0.05, 0) is 24.3 Å². The molecule has 0 unspecified atom stereocenters. The van der Waals surface area contributed by atoms with E-state index in [1.54, 1.807) is 18.2 Å². The Balaban J connectivity index is 2.92. The summed E-state index contributed by atoms with van der Waals surface area (Å²) in [5.41, 5.74) is 3.03. The van der Waals surface area contributed by atoms with Gasteiger partial charge < -0.3 is 5.11 Å². The van der Waals surface area contributed by atoms with Gasteiger partial charge in [0.1, 0.15) is 0 Å². The van der Waals surface area contributed by atoms with Crippen LogP contribution in [0.1, 0.15) is 0 Å². The van der Waals surface area contributed by atoms with E-state index in [0.29, 0.717) is 0 Å². The van der Waals surface area contributed by atoms with Crippen LogP contribution in [0.15, 0.2) is 41.7 Å². The van der Waals surface area contributed by atoms with Gasteiger partial charge in [0.2, 0.25) is 0 Å². The summed E-state index contributed by atoms with van der Waals surface area (Å²) in [6.45, 7) is 0. The Morgan fingerprint density at radius 2 is 2.30 bits per heavy atom. The minimum atomic E-state index is -0.912. The predicted octanol–water partition coefficient (Wildman–Crippen LogP) is 1.28. The predicted molar refractivity (Wildman–Crippen MR) is 37.5 cm³/mol. The minimum absolute atomic E-state index is 0.279. The van der Waals surface area contributed by atoms with Crippen LogP contribution in [0.2, 0.25) is 0 Å². The molecule has 0 atom stereocenters. The fraction of sp³-hybridized carbons (Fsp3) is 0. The number of carbonyl (C=O) groups is 1. The van der Waals surface area contributed by atoms with Crippen LogP contribution in [0.5, 0.6) is 0 Å². The number of carboxylic acids is 1. The monoisotopic (exact) mass is 134 g/mol. The smallest absolute Gasteiger partial charge is 0.335 e. The van der Waals surface area contributed by atoms with Crippen molar-refractivity contribution >= 4 is 5.97 Å². The van der Waals surface area contributed by atoms with E-state index in [4.69, 9.17) is 5.11 Å². The van der Waals surface area contributed by atoms with Crippen molar-refractivity contribution in [3.8, 4) is 0 Å². The highest BCUT2D eigenvalue weighted by Crippen LogP contribution is 1.99. The summed E-state index contributed by atoms with van der Waals surface area (Å²) in [5.74, 6) is -0.912. The average Bonchev–Trinajstić information content (AvgIpc) is 2.12. The Hall–Kier alpha value is -1.53. The van der Waals surface area contributed by atoms with E-state index < -0.39 is 5.97 Å². The average molecular weight is 134 g/mol. The third-order valence-electron chi connectivity index (χ3n) is 1.07. The van der Waals surface area contributed by atoms with Crippen molar-refractivity contribution in [2.45, 2.75) is 0 Å². The standard InChI is InChI=1S/C8H6O2/c9-8(10)7-5-3-1-2-4-6-7/h1,3-6H,(H,9,10). The minimum Gasteiger partial charge on any atom is -0.478 e. The van der Waals surface area contributed by atoms with E-state index in [1.807, 2.05) is 0 Å². The van der Waals surface area contributed by atoms with Crippen molar-refractivity contribution < 1.29 is 9.90 Å². The van der Waals surface area contributed by atoms with Gasteiger partial charge in [-0.2, -0.15) is 0 Å². The largest absolute Gasteiger partial charge is 0.478 e. The molecule has 0 amide bonds. The molecular formula is C8H6O2. The summed E-state index contributed by atoms with van der Waals surface area (Å²) >= 11 is 0. The van der Waals surface area contributed by atoms with E-state index in [0.717, 1.165) is 0 Å². The quantitative estimate of drug-likeness (QED) is 0.548. The second-order valence-corrected chi connectivity index (χ2v) is 1.79. The molecule has 1 aliphatic rings. The molecule has 1 rings (SSSR count). The zero-order valence-electron chi connectivity index (χ0n) is 5.24. The normalized spacial score (nSPS) is 14.6. The van der Waals surface area contributed by atoms with Gasteiger partial charge >= 0.3 is 5.97 Å². The molecule has 0 spiro atoms. The van der Waals surface area contributed by atoms with E-state index in [2.05, 4.69) is 5.73 Å². The fourth-order valence-corrected chi connectivity index (χ4v) is 0.599. The number of hydrogen-bond donors (Lipinski definition) is 1. The van der Waals surface area contributed by atoms with Crippen molar-refractivity contribution in [1.29, 1.82) is 0 Å². The van der Waals surface area contributed by atoms with Gasteiger partial charge in [-0.3, -0.25) is 0 Å². The van der Waals surface area contributed by atoms with E-state index in [1.165, 1.54) is 12.2 Å². The molecule has 0 bridgehead atoms. The first-order valence-electron chi connectivity index (χ1n) is 2.83. The van der Waals surface area contributed by atoms with Gasteiger partial charge in [0.05, 0.1) is 5.57 Å². The molecule has 0 fully saturated rings. The summed E-state index contributed by atoms with van der Waals surface area (Å²) in [6.07, 6.45) is 7.90. The van der Waals surface area contributed by atoms with Crippen LogP contribution in [0, 0.1) is 0 Å². The van der Waals surface area contributed by atoms with E-state index in [9.17, 15) is 4.79 Å². The second-order valence-electron chi connectivity index (χ2n) is 1.79. The van der Waals surface area contributed by atoms with Crippen LogP contribution in [0.25, 0.3) is 0 Å². The molecule has 0 aromatic heterocycles. The van der Waals surface area contributed by atoms with Crippen molar-refractivity contribution in [3.63, 3.8) is 0 Å². The van der Waals surface area contributed by atoms with Crippen LogP contribution in [0.4, 0.5) is 0 Å². The molecule has 0 radical (unpaired) electrons. The molecule has 0 saturated carbocycles. The highest BCUT2D eigenvalue weighted by atomic mass is 16.4. The molecule has 10 heavy (non-hydrogen) atoms. The lowest BCUT2D eigenvalue weighted by Gasteiger charge is -1.87. The summed E-state index contributed by atoms with van der Waals surface area (Å²) in [4.78, 5) is 10.3. The number of hydrogen-bond acceptors (Lipinski definition) is 1. The van der Waals surface area contributed by atoms with Crippen molar-refractivity contribution in [1.82, 2.24) is 0 Å². The zero-order chi connectivity index (χ0) is 7.40. The molecule has 2 heteroatoms. The van der Waals surface area contributed by atoms with E-state index in [-0.39, 0.29) is 5.57 Å². The summed E-state index contributed by atoms with van der Waals surface area (Å²) in [7, 11) is 0. The maximum absolute atomic E-state index is 10.3. The number of carboxylic acid groups (broad SMARTS) is 1. The van der Waals surface area contributed by atoms with Gasteiger partial charge in [-0.15, -0.1) is 5.73 Å². The van der Waals surface area contributed by atoms with Crippen LogP contribution in [0.3, 0.4) is 0 Å². The highest BCUT2D eigenvalue weighted by Gasteiger charge is 1.99. The Bertz CT molecular complexity index is 263. The zero-order valence-corrected chi connectivity index (χ0v) is 5.24. The molecule has 1 aliphatic carbocycles. The van der Waals surface area contributed by atoms with Gasteiger partial charge in [-0.1, -0.05) is 6.08 Å². The third kappa shape index (κ3) is 1.47. The Morgan fingerprint density at radius 1 is 1.50 bits per heavy atom. The van der Waals surface area contributed by atoms with Gasteiger partial charge in [0, 0.05) is 0 Å². The highest BCUT2D eigenvalue weighted by molar-refractivity contribution is 5.90. The molecule has 50 valence electrons. The van der Waals surface area contributed by atoms with Crippen LogP contribution in [-0.2, 0) is 4.79 Å². The number of allylic oxidation sites excluding steroid dienone is 3. The van der Waals surface area contributed by atoms with Gasteiger partial charge in [0.15, 0.2) is 0 Å². The van der Waals surface area contributed by atoms with Crippen molar-refractivity contribution in [2.75, 3.05) is 0 Å². The van der Waals surface area contributed by atoms with Crippen molar-refractivity contribution in [2.24, 2.45) is 0 Å². The second kappa shape index (κ2) is 2.85. The number of rotatable bonds is 1. The molecule has 0 aromatic carbocycles. The summed E-state index contributed by atoms with van der Waals surface area (Å²) < 4.78 is 0. The molecule has 1 N–H and O–H groups in total. The molecule has 0 heterocycles. The topological polar surface area (TPSA) is 37.3 Å². The Labute approximate surface area is 58.5 Å². The van der Waals surface area contributed by atoms with Crippen LogP contribution >= 0.6 is 0 Å². The molecule has 2 nitrogen and oxygen atoms in total. The number of aliphatic carboxylic acids is 1. The van der Waals surface area contributed by atoms with Gasteiger partial charge in [0.25, 0.3) is 0 Å². The van der Waals surface area contributed by atoms with Crippen LogP contribution in [-0.4, -0.2) is 11.1 Å². The first-order chi connectivity index (χ1) is 4.80. The van der Waals surface area contributed by atoms with Gasteiger partial charge in [-0.25, -0.2) is 4.79 Å². The molecule has 0 aromatic rings.